The molecule has 0 saturated carbocycles. The third kappa shape index (κ3) is 3.32. The molecule has 1 rings (SSSR count). The second-order valence-corrected chi connectivity index (χ2v) is 8.98. The summed E-state index contributed by atoms with van der Waals surface area (Å²) in [5.41, 5.74) is 1.20. The van der Waals surface area contributed by atoms with Gasteiger partial charge in [0.25, 0.3) is 0 Å². The second kappa shape index (κ2) is 5.28. The lowest BCUT2D eigenvalue weighted by Gasteiger charge is -2.22. The van der Waals surface area contributed by atoms with Crippen molar-refractivity contribution in [3.05, 3.63) is 36.4 Å². The molecule has 0 aliphatic rings. The highest BCUT2D eigenvalue weighted by molar-refractivity contribution is 6.89. The van der Waals surface area contributed by atoms with E-state index < -0.39 is 8.07 Å². The average Bonchev–Trinajstić information content (AvgIpc) is 2.26. The summed E-state index contributed by atoms with van der Waals surface area (Å²) in [5, 5.41) is 1.44. The zero-order chi connectivity index (χ0) is 11.3. The van der Waals surface area contributed by atoms with Crippen LogP contribution in [0.25, 0.3) is 6.08 Å². The maximum absolute atomic E-state index is 5.56. The van der Waals surface area contributed by atoms with Gasteiger partial charge in [-0.3, -0.25) is 0 Å². The maximum Gasteiger partial charge on any atom is 0.109 e. The third-order valence-electron chi connectivity index (χ3n) is 2.57. The molecule has 0 aliphatic carbocycles. The van der Waals surface area contributed by atoms with Gasteiger partial charge in [0.2, 0.25) is 0 Å². The third-order valence-corrected chi connectivity index (χ3v) is 5.37. The van der Waals surface area contributed by atoms with Crippen molar-refractivity contribution in [2.45, 2.75) is 20.0 Å². The molecule has 0 aliphatic heterocycles. The first-order valence-corrected chi connectivity index (χ1v) is 8.61. The minimum atomic E-state index is -1.42. The molecule has 1 aromatic carbocycles. The minimum Gasteiger partial charge on any atom is -0.385 e. The van der Waals surface area contributed by atoms with E-state index in [2.05, 4.69) is 43.9 Å². The van der Waals surface area contributed by atoms with Crippen LogP contribution in [0.4, 0.5) is 0 Å². The van der Waals surface area contributed by atoms with Gasteiger partial charge < -0.3 is 4.74 Å². The number of rotatable bonds is 5. The van der Waals surface area contributed by atoms with Crippen LogP contribution in [0.3, 0.4) is 0 Å². The minimum absolute atomic E-state index is 0.803. The van der Waals surface area contributed by atoms with Gasteiger partial charge in [-0.05, 0) is 12.5 Å². The summed E-state index contributed by atoms with van der Waals surface area (Å²) in [7, 11) is -1.42. The monoisotopic (exact) mass is 220 g/mol. The predicted molar refractivity (Wildman–Crippen MR) is 70.1 cm³/mol. The number of hydrogen-bond donors (Lipinski definition) is 0. The molecule has 0 radical (unpaired) electrons. The highest BCUT2D eigenvalue weighted by Gasteiger charge is 2.23. The van der Waals surface area contributed by atoms with E-state index in [-0.39, 0.29) is 0 Å². The summed E-state index contributed by atoms with van der Waals surface area (Å²) in [6.45, 7) is 11.3. The van der Waals surface area contributed by atoms with Crippen LogP contribution in [0, 0.1) is 0 Å². The molecule has 0 heterocycles. The fourth-order valence-corrected chi connectivity index (χ4v) is 3.51. The van der Waals surface area contributed by atoms with Crippen molar-refractivity contribution >= 4 is 19.3 Å². The summed E-state index contributed by atoms with van der Waals surface area (Å²) >= 11 is 0. The van der Waals surface area contributed by atoms with E-state index in [1.165, 1.54) is 10.8 Å². The molecule has 1 aromatic rings. The van der Waals surface area contributed by atoms with Crippen molar-refractivity contribution in [3.63, 3.8) is 0 Å². The van der Waals surface area contributed by atoms with Gasteiger partial charge in [0, 0.05) is 12.8 Å². The second-order valence-electron chi connectivity index (χ2n) is 4.35. The van der Waals surface area contributed by atoms with Crippen molar-refractivity contribution in [2.75, 3.05) is 12.8 Å². The zero-order valence-corrected chi connectivity index (χ0v) is 10.9. The molecule has 0 saturated heterocycles. The Hall–Kier alpha value is -0.863. The van der Waals surface area contributed by atoms with Crippen molar-refractivity contribution in [3.8, 4) is 0 Å². The van der Waals surface area contributed by atoms with E-state index in [1.807, 2.05) is 13.0 Å². The zero-order valence-electron chi connectivity index (χ0n) is 9.92. The fraction of sp³-hybridized carbons (Fsp3) is 0.385. The van der Waals surface area contributed by atoms with Gasteiger partial charge in [0.15, 0.2) is 0 Å². The quantitative estimate of drug-likeness (QED) is 0.693. The van der Waals surface area contributed by atoms with E-state index in [4.69, 9.17) is 4.74 Å². The molecule has 0 spiro atoms. The Morgan fingerprint density at radius 2 is 2.13 bits per heavy atom. The van der Waals surface area contributed by atoms with Gasteiger partial charge in [-0.1, -0.05) is 55.2 Å². The molecule has 1 nitrogen and oxygen atoms in total. The van der Waals surface area contributed by atoms with E-state index in [1.54, 1.807) is 0 Å². The Kier molecular flexibility index (Phi) is 4.30. The highest BCUT2D eigenvalue weighted by Crippen LogP contribution is 2.07. The lowest BCUT2D eigenvalue weighted by molar-refractivity contribution is 0.189. The maximum atomic E-state index is 5.56. The Morgan fingerprint density at radius 1 is 1.40 bits per heavy atom. The lowest BCUT2D eigenvalue weighted by Crippen LogP contribution is -2.46. The van der Waals surface area contributed by atoms with Gasteiger partial charge >= 0.3 is 0 Å². The SMILES string of the molecule is C=Cc1cccc([Si](C)(C)COCC)c1. The summed E-state index contributed by atoms with van der Waals surface area (Å²) in [6.07, 6.45) is 2.79. The van der Waals surface area contributed by atoms with Gasteiger partial charge in [-0.2, -0.15) is 0 Å². The molecule has 0 N–H and O–H groups in total. The molecule has 2 heteroatoms. The standard InChI is InChI=1S/C13H20OSi/c1-5-12-8-7-9-13(10-12)15(3,4)11-14-6-2/h5,7-10H,1,6,11H2,2-4H3. The fourth-order valence-electron chi connectivity index (χ4n) is 1.53. The molecule has 0 amide bonds. The molecular weight excluding hydrogens is 200 g/mol. The first-order valence-electron chi connectivity index (χ1n) is 5.41. The van der Waals surface area contributed by atoms with E-state index in [0.717, 1.165) is 12.8 Å². The van der Waals surface area contributed by atoms with Crippen molar-refractivity contribution in [1.82, 2.24) is 0 Å². The number of ether oxygens (including phenoxy) is 1. The van der Waals surface area contributed by atoms with Gasteiger partial charge in [0.05, 0.1) is 0 Å². The van der Waals surface area contributed by atoms with Crippen LogP contribution in [0.1, 0.15) is 12.5 Å². The van der Waals surface area contributed by atoms with Crippen molar-refractivity contribution in [2.24, 2.45) is 0 Å². The Bertz CT molecular complexity index is 331. The van der Waals surface area contributed by atoms with Crippen LogP contribution in [-0.2, 0) is 4.74 Å². The van der Waals surface area contributed by atoms with E-state index >= 15 is 0 Å². The molecule has 0 aromatic heterocycles. The van der Waals surface area contributed by atoms with Crippen LogP contribution in [-0.4, -0.2) is 20.9 Å². The van der Waals surface area contributed by atoms with Crippen LogP contribution in [0.2, 0.25) is 13.1 Å². The summed E-state index contributed by atoms with van der Waals surface area (Å²) in [6, 6.07) is 8.63. The number of benzene rings is 1. The molecule has 0 unspecified atom stereocenters. The Morgan fingerprint density at radius 3 is 2.73 bits per heavy atom. The van der Waals surface area contributed by atoms with Crippen molar-refractivity contribution < 1.29 is 4.74 Å². The molecule has 0 atom stereocenters. The van der Waals surface area contributed by atoms with Crippen molar-refractivity contribution in [1.29, 1.82) is 0 Å². The van der Waals surface area contributed by atoms with Gasteiger partial charge in [-0.25, -0.2) is 0 Å². The molecule has 82 valence electrons. The van der Waals surface area contributed by atoms with Crippen LogP contribution in [0.5, 0.6) is 0 Å². The topological polar surface area (TPSA) is 9.23 Å². The van der Waals surface area contributed by atoms with Crippen LogP contribution in [0.15, 0.2) is 30.8 Å². The summed E-state index contributed by atoms with van der Waals surface area (Å²) in [4.78, 5) is 0. The Balaban J connectivity index is 2.87. The molecule has 0 bridgehead atoms. The first-order chi connectivity index (χ1) is 7.10. The summed E-state index contributed by atoms with van der Waals surface area (Å²) < 4.78 is 5.56. The Labute approximate surface area is 93.8 Å². The molecule has 15 heavy (non-hydrogen) atoms. The first kappa shape index (κ1) is 12.2. The van der Waals surface area contributed by atoms with E-state index in [9.17, 15) is 0 Å². The lowest BCUT2D eigenvalue weighted by atomic mass is 10.2. The van der Waals surface area contributed by atoms with E-state index in [0.29, 0.717) is 0 Å². The van der Waals surface area contributed by atoms with Gasteiger partial charge in [0.1, 0.15) is 8.07 Å². The smallest absolute Gasteiger partial charge is 0.109 e. The van der Waals surface area contributed by atoms with Crippen LogP contribution < -0.4 is 5.19 Å². The summed E-state index contributed by atoms with van der Waals surface area (Å²) in [5.74, 6) is 0. The number of hydrogen-bond acceptors (Lipinski definition) is 1. The largest absolute Gasteiger partial charge is 0.385 e. The average molecular weight is 220 g/mol. The molecule has 0 fully saturated rings. The predicted octanol–water partition coefficient (Wildman–Crippen LogP) is 2.82. The highest BCUT2D eigenvalue weighted by atomic mass is 28.3. The van der Waals surface area contributed by atoms with Crippen LogP contribution >= 0.6 is 0 Å². The molecular formula is C13H20OSi. The van der Waals surface area contributed by atoms with Gasteiger partial charge in [-0.15, -0.1) is 0 Å². The normalized spacial score (nSPS) is 11.4.